The SMILES string of the molecule is O=C(CCS(=O)(=O)c1ccc(Cl)cc1)Nc1nnc(C2CCCO2)o1. The van der Waals surface area contributed by atoms with Gasteiger partial charge in [-0.3, -0.25) is 10.1 Å². The molecule has 1 saturated heterocycles. The molecule has 25 heavy (non-hydrogen) atoms. The summed E-state index contributed by atoms with van der Waals surface area (Å²) in [5.74, 6) is -0.561. The lowest BCUT2D eigenvalue weighted by atomic mass is 10.2. The van der Waals surface area contributed by atoms with Gasteiger partial charge in [0.1, 0.15) is 6.10 Å². The number of nitrogens with zero attached hydrogens (tertiary/aromatic N) is 2. The maximum Gasteiger partial charge on any atom is 0.322 e. The van der Waals surface area contributed by atoms with Gasteiger partial charge in [-0.25, -0.2) is 8.42 Å². The zero-order valence-corrected chi connectivity index (χ0v) is 14.7. The number of aromatic nitrogens is 2. The molecule has 1 aliphatic rings. The Kier molecular flexibility index (Phi) is 5.36. The van der Waals surface area contributed by atoms with Crippen molar-refractivity contribution in [1.29, 1.82) is 0 Å². The van der Waals surface area contributed by atoms with Crippen LogP contribution < -0.4 is 5.32 Å². The van der Waals surface area contributed by atoms with E-state index in [0.29, 0.717) is 17.5 Å². The van der Waals surface area contributed by atoms with Crippen LogP contribution >= 0.6 is 11.6 Å². The van der Waals surface area contributed by atoms with Crippen molar-refractivity contribution in [3.05, 3.63) is 35.2 Å². The van der Waals surface area contributed by atoms with Crippen LogP contribution in [0.5, 0.6) is 0 Å². The molecule has 1 aromatic heterocycles. The third kappa shape index (κ3) is 4.56. The maximum atomic E-state index is 12.2. The second kappa shape index (κ2) is 7.51. The van der Waals surface area contributed by atoms with E-state index in [2.05, 4.69) is 15.5 Å². The van der Waals surface area contributed by atoms with Gasteiger partial charge >= 0.3 is 6.01 Å². The fourth-order valence-corrected chi connectivity index (χ4v) is 3.72. The highest BCUT2D eigenvalue weighted by molar-refractivity contribution is 7.91. The number of amides is 1. The molecule has 1 N–H and O–H groups in total. The molecule has 2 heterocycles. The summed E-state index contributed by atoms with van der Waals surface area (Å²) in [6.45, 7) is 0.636. The number of sulfone groups is 1. The number of nitrogens with one attached hydrogen (secondary N) is 1. The quantitative estimate of drug-likeness (QED) is 0.812. The van der Waals surface area contributed by atoms with Gasteiger partial charge < -0.3 is 9.15 Å². The minimum atomic E-state index is -3.58. The predicted molar refractivity (Wildman–Crippen MR) is 89.0 cm³/mol. The van der Waals surface area contributed by atoms with Crippen molar-refractivity contribution in [2.24, 2.45) is 0 Å². The van der Waals surface area contributed by atoms with Gasteiger partial charge in [-0.05, 0) is 37.1 Å². The van der Waals surface area contributed by atoms with E-state index in [1.807, 2.05) is 0 Å². The smallest absolute Gasteiger partial charge is 0.322 e. The standard InChI is InChI=1S/C15H16ClN3O5S/c16-10-3-5-11(6-4-10)25(21,22)9-7-13(20)17-15-19-18-14(24-15)12-2-1-8-23-12/h3-6,12H,1-2,7-9H2,(H,17,19,20). The zero-order chi connectivity index (χ0) is 17.9. The van der Waals surface area contributed by atoms with Gasteiger partial charge in [-0.15, -0.1) is 5.10 Å². The molecule has 1 atom stereocenters. The molecule has 1 fully saturated rings. The normalized spacial score (nSPS) is 17.6. The lowest BCUT2D eigenvalue weighted by Crippen LogP contribution is -2.17. The molecular weight excluding hydrogens is 370 g/mol. The summed E-state index contributed by atoms with van der Waals surface area (Å²) in [4.78, 5) is 12.0. The first-order valence-electron chi connectivity index (χ1n) is 7.67. The maximum absolute atomic E-state index is 12.2. The number of ether oxygens (including phenoxy) is 1. The first kappa shape index (κ1) is 17.8. The second-order valence-electron chi connectivity index (χ2n) is 5.52. The molecule has 1 unspecified atom stereocenters. The Labute approximate surface area is 149 Å². The van der Waals surface area contributed by atoms with Crippen LogP contribution in [-0.4, -0.2) is 36.9 Å². The van der Waals surface area contributed by atoms with E-state index in [0.717, 1.165) is 12.8 Å². The lowest BCUT2D eigenvalue weighted by Gasteiger charge is -2.04. The van der Waals surface area contributed by atoms with Crippen LogP contribution in [0.15, 0.2) is 33.6 Å². The number of carbonyl (C=O) groups is 1. The molecular formula is C15H16ClN3O5S. The summed E-state index contributed by atoms with van der Waals surface area (Å²) in [6.07, 6.45) is 1.22. The van der Waals surface area contributed by atoms with E-state index in [1.54, 1.807) is 0 Å². The summed E-state index contributed by atoms with van der Waals surface area (Å²) in [5, 5.41) is 10.4. The molecule has 1 aromatic carbocycles. The third-order valence-corrected chi connectivity index (χ3v) is 5.65. The number of benzene rings is 1. The number of hydrogen-bond donors (Lipinski definition) is 1. The molecule has 10 heteroatoms. The Balaban J connectivity index is 1.55. The van der Waals surface area contributed by atoms with Crippen molar-refractivity contribution < 1.29 is 22.4 Å². The van der Waals surface area contributed by atoms with Gasteiger partial charge in [0.05, 0.1) is 10.6 Å². The monoisotopic (exact) mass is 385 g/mol. The number of rotatable bonds is 6. The Morgan fingerprint density at radius 2 is 2.04 bits per heavy atom. The van der Waals surface area contributed by atoms with Crippen LogP contribution in [-0.2, 0) is 19.4 Å². The van der Waals surface area contributed by atoms with Crippen molar-refractivity contribution in [1.82, 2.24) is 10.2 Å². The first-order valence-corrected chi connectivity index (χ1v) is 9.70. The fraction of sp³-hybridized carbons (Fsp3) is 0.400. The number of carbonyl (C=O) groups excluding carboxylic acids is 1. The van der Waals surface area contributed by atoms with Gasteiger partial charge in [0.2, 0.25) is 11.8 Å². The van der Waals surface area contributed by atoms with Crippen molar-refractivity contribution in [2.75, 3.05) is 17.7 Å². The van der Waals surface area contributed by atoms with Gasteiger partial charge in [0.15, 0.2) is 9.84 Å². The zero-order valence-electron chi connectivity index (χ0n) is 13.1. The van der Waals surface area contributed by atoms with E-state index < -0.39 is 15.7 Å². The third-order valence-electron chi connectivity index (χ3n) is 3.66. The molecule has 8 nitrogen and oxygen atoms in total. The van der Waals surface area contributed by atoms with Crippen molar-refractivity contribution in [3.63, 3.8) is 0 Å². The average Bonchev–Trinajstić information content (AvgIpc) is 3.25. The van der Waals surface area contributed by atoms with Crippen molar-refractivity contribution in [2.45, 2.75) is 30.3 Å². The summed E-state index contributed by atoms with van der Waals surface area (Å²) in [5.41, 5.74) is 0. The van der Waals surface area contributed by atoms with Crippen LogP contribution in [0.1, 0.15) is 31.3 Å². The van der Waals surface area contributed by atoms with Crippen molar-refractivity contribution in [3.8, 4) is 0 Å². The molecule has 0 bridgehead atoms. The highest BCUT2D eigenvalue weighted by Crippen LogP contribution is 2.28. The molecule has 0 radical (unpaired) electrons. The Morgan fingerprint density at radius 3 is 2.72 bits per heavy atom. The Hall–Kier alpha value is -1.97. The minimum absolute atomic E-state index is 0.0700. The van der Waals surface area contributed by atoms with Gasteiger partial charge in [-0.2, -0.15) is 0 Å². The minimum Gasteiger partial charge on any atom is -0.405 e. The second-order valence-corrected chi connectivity index (χ2v) is 8.06. The highest BCUT2D eigenvalue weighted by Gasteiger charge is 2.24. The van der Waals surface area contributed by atoms with Crippen molar-refractivity contribution >= 4 is 33.4 Å². The topological polar surface area (TPSA) is 111 Å². The van der Waals surface area contributed by atoms with Crippen LogP contribution in [0.3, 0.4) is 0 Å². The molecule has 1 amide bonds. The number of halogens is 1. The van der Waals surface area contributed by atoms with E-state index in [-0.39, 0.29) is 29.2 Å². The first-order chi connectivity index (χ1) is 11.9. The highest BCUT2D eigenvalue weighted by atomic mass is 35.5. The van der Waals surface area contributed by atoms with Crippen LogP contribution in [0.4, 0.5) is 6.01 Å². The predicted octanol–water partition coefficient (Wildman–Crippen LogP) is 2.38. The van der Waals surface area contributed by atoms with E-state index >= 15 is 0 Å². The van der Waals surface area contributed by atoms with E-state index in [9.17, 15) is 13.2 Å². The molecule has 0 saturated carbocycles. The van der Waals surface area contributed by atoms with E-state index in [4.69, 9.17) is 20.8 Å². The molecule has 134 valence electrons. The Bertz CT molecular complexity index is 844. The molecule has 0 aliphatic carbocycles. The van der Waals surface area contributed by atoms with Gasteiger partial charge in [0.25, 0.3) is 0 Å². The van der Waals surface area contributed by atoms with Crippen LogP contribution in [0.25, 0.3) is 0 Å². The Morgan fingerprint density at radius 1 is 1.28 bits per heavy atom. The molecule has 2 aromatic rings. The lowest BCUT2D eigenvalue weighted by molar-refractivity contribution is -0.116. The van der Waals surface area contributed by atoms with Crippen LogP contribution in [0.2, 0.25) is 5.02 Å². The van der Waals surface area contributed by atoms with Crippen LogP contribution in [0, 0.1) is 0 Å². The van der Waals surface area contributed by atoms with E-state index in [1.165, 1.54) is 24.3 Å². The fourth-order valence-electron chi connectivity index (χ4n) is 2.36. The molecule has 0 spiro atoms. The van der Waals surface area contributed by atoms with Gasteiger partial charge in [0, 0.05) is 18.1 Å². The summed E-state index contributed by atoms with van der Waals surface area (Å²) >= 11 is 5.74. The number of hydrogen-bond acceptors (Lipinski definition) is 7. The largest absolute Gasteiger partial charge is 0.405 e. The average molecular weight is 386 g/mol. The molecule has 1 aliphatic heterocycles. The van der Waals surface area contributed by atoms with Gasteiger partial charge in [-0.1, -0.05) is 16.7 Å². The number of anilines is 1. The summed E-state index contributed by atoms with van der Waals surface area (Å²) < 4.78 is 35.1. The summed E-state index contributed by atoms with van der Waals surface area (Å²) in [6, 6.07) is 5.71. The summed E-state index contributed by atoms with van der Waals surface area (Å²) in [7, 11) is -3.58. The molecule has 3 rings (SSSR count).